The van der Waals surface area contributed by atoms with Gasteiger partial charge in [-0.05, 0) is 55.3 Å². The van der Waals surface area contributed by atoms with Crippen molar-refractivity contribution in [3.8, 4) is 0 Å². The second kappa shape index (κ2) is 8.01. The van der Waals surface area contributed by atoms with Crippen LogP contribution in [-0.2, 0) is 0 Å². The maximum atomic E-state index is 12.6. The van der Waals surface area contributed by atoms with Crippen LogP contribution < -0.4 is 10.6 Å². The lowest BCUT2D eigenvalue weighted by Crippen LogP contribution is -2.19. The number of amides is 2. The predicted molar refractivity (Wildman–Crippen MR) is 108 cm³/mol. The number of benzene rings is 2. The van der Waals surface area contributed by atoms with E-state index in [0.29, 0.717) is 16.4 Å². The summed E-state index contributed by atoms with van der Waals surface area (Å²) in [6.45, 7) is 3.80. The Balaban J connectivity index is 1.79. The number of hydrogen-bond donors (Lipinski definition) is 2. The van der Waals surface area contributed by atoms with Crippen LogP contribution in [0.5, 0.6) is 0 Å². The molecule has 0 aliphatic rings. The molecule has 2 amide bonds. The van der Waals surface area contributed by atoms with Gasteiger partial charge >= 0.3 is 0 Å². The maximum absolute atomic E-state index is 12.6. The number of anilines is 2. The Hall–Kier alpha value is -3.18. The van der Waals surface area contributed by atoms with Crippen LogP contribution in [0, 0.1) is 13.8 Å². The molecule has 1 aromatic heterocycles. The lowest BCUT2D eigenvalue weighted by atomic mass is 10.1. The largest absolute Gasteiger partial charge is 0.321 e. The molecule has 3 aromatic rings. The molecule has 0 bridgehead atoms. The number of rotatable bonds is 4. The van der Waals surface area contributed by atoms with Crippen LogP contribution in [0.2, 0.25) is 5.02 Å². The van der Waals surface area contributed by atoms with Crippen molar-refractivity contribution in [1.29, 1.82) is 0 Å². The second-order valence-electron chi connectivity index (χ2n) is 6.12. The Morgan fingerprint density at radius 3 is 2.11 bits per heavy atom. The summed E-state index contributed by atoms with van der Waals surface area (Å²) in [4.78, 5) is 29.1. The van der Waals surface area contributed by atoms with Gasteiger partial charge in [0.1, 0.15) is 11.4 Å². The molecule has 3 rings (SSSR count). The number of carbonyl (C=O) groups is 2. The lowest BCUT2D eigenvalue weighted by molar-refractivity contribution is 0.101. The summed E-state index contributed by atoms with van der Waals surface area (Å²) in [6.07, 6.45) is 0. The Bertz CT molecular complexity index is 980. The number of nitrogens with one attached hydrogen (secondary N) is 2. The monoisotopic (exact) mass is 379 g/mol. The van der Waals surface area contributed by atoms with Crippen LogP contribution in [0.15, 0.2) is 60.7 Å². The normalized spacial score (nSPS) is 10.3. The van der Waals surface area contributed by atoms with Gasteiger partial charge in [-0.2, -0.15) is 0 Å². The average Bonchev–Trinajstić information content (AvgIpc) is 2.65. The van der Waals surface area contributed by atoms with E-state index in [1.54, 1.807) is 36.4 Å². The van der Waals surface area contributed by atoms with Gasteiger partial charge in [0.15, 0.2) is 0 Å². The number of nitrogens with zero attached hydrogens (tertiary/aromatic N) is 1. The van der Waals surface area contributed by atoms with Crippen molar-refractivity contribution in [2.75, 3.05) is 10.6 Å². The third kappa shape index (κ3) is 4.51. The molecule has 0 radical (unpaired) electrons. The van der Waals surface area contributed by atoms with Crippen molar-refractivity contribution in [2.24, 2.45) is 0 Å². The van der Waals surface area contributed by atoms with Gasteiger partial charge in [-0.1, -0.05) is 41.9 Å². The van der Waals surface area contributed by atoms with Crippen LogP contribution in [0.3, 0.4) is 0 Å². The minimum absolute atomic E-state index is 0.131. The summed E-state index contributed by atoms with van der Waals surface area (Å²) in [6, 6.07) is 17.5. The second-order valence-corrected chi connectivity index (χ2v) is 6.53. The molecule has 2 aromatic carbocycles. The van der Waals surface area contributed by atoms with Crippen molar-refractivity contribution < 1.29 is 9.59 Å². The van der Waals surface area contributed by atoms with Gasteiger partial charge in [-0.15, -0.1) is 0 Å². The third-order valence-electron chi connectivity index (χ3n) is 3.92. The lowest BCUT2D eigenvalue weighted by Gasteiger charge is -2.12. The molecule has 6 heteroatoms. The Labute approximate surface area is 162 Å². The molecule has 5 nitrogen and oxygen atoms in total. The van der Waals surface area contributed by atoms with Crippen molar-refractivity contribution in [3.05, 3.63) is 88.2 Å². The van der Waals surface area contributed by atoms with Crippen LogP contribution in [-0.4, -0.2) is 16.8 Å². The number of pyridine rings is 1. The fourth-order valence-electron chi connectivity index (χ4n) is 2.66. The van der Waals surface area contributed by atoms with Gasteiger partial charge in [-0.25, -0.2) is 4.98 Å². The molecule has 1 heterocycles. The van der Waals surface area contributed by atoms with Gasteiger partial charge in [0.2, 0.25) is 0 Å². The number of hydrogen-bond acceptors (Lipinski definition) is 3. The molecule has 0 atom stereocenters. The number of aryl methyl sites for hydroxylation is 2. The molecule has 0 saturated carbocycles. The van der Waals surface area contributed by atoms with E-state index in [-0.39, 0.29) is 17.3 Å². The summed E-state index contributed by atoms with van der Waals surface area (Å²) in [7, 11) is 0. The molecule has 136 valence electrons. The highest BCUT2D eigenvalue weighted by atomic mass is 35.5. The maximum Gasteiger partial charge on any atom is 0.274 e. The van der Waals surface area contributed by atoms with Gasteiger partial charge in [0, 0.05) is 5.69 Å². The van der Waals surface area contributed by atoms with Gasteiger partial charge in [-0.3, -0.25) is 9.59 Å². The van der Waals surface area contributed by atoms with E-state index in [0.717, 1.165) is 11.1 Å². The van der Waals surface area contributed by atoms with Crippen LogP contribution in [0.4, 0.5) is 11.4 Å². The van der Waals surface area contributed by atoms with Gasteiger partial charge in [0.25, 0.3) is 11.8 Å². The Kier molecular flexibility index (Phi) is 5.52. The predicted octanol–water partition coefficient (Wildman–Crippen LogP) is 4.86. The minimum Gasteiger partial charge on any atom is -0.321 e. The zero-order valence-electron chi connectivity index (χ0n) is 14.9. The third-order valence-corrected chi connectivity index (χ3v) is 4.21. The highest BCUT2D eigenvalue weighted by molar-refractivity contribution is 6.34. The summed E-state index contributed by atoms with van der Waals surface area (Å²) >= 11 is 6.24. The molecule has 0 unspecified atom stereocenters. The van der Waals surface area contributed by atoms with Crippen molar-refractivity contribution in [3.63, 3.8) is 0 Å². The standard InChI is InChI=1S/C21H18ClN3O2/c1-13-11-14(2)19(16(22)12-13)25-21(27)18-10-6-9-17(24-18)20(26)23-15-7-4-3-5-8-15/h3-12H,1-2H3,(H,23,26)(H,25,27). The van der Waals surface area contributed by atoms with E-state index in [4.69, 9.17) is 11.6 Å². The molecule has 2 N–H and O–H groups in total. The van der Waals surface area contributed by atoms with E-state index in [2.05, 4.69) is 15.6 Å². The van der Waals surface area contributed by atoms with Crippen molar-refractivity contribution in [2.45, 2.75) is 13.8 Å². The van der Waals surface area contributed by atoms with Gasteiger partial charge < -0.3 is 10.6 Å². The summed E-state index contributed by atoms with van der Waals surface area (Å²) in [5.74, 6) is -0.821. The first kappa shape index (κ1) is 18.6. The van der Waals surface area contributed by atoms with E-state index in [1.165, 1.54) is 0 Å². The number of halogens is 1. The molecule has 0 saturated heterocycles. The smallest absolute Gasteiger partial charge is 0.274 e. The topological polar surface area (TPSA) is 71.1 Å². The summed E-state index contributed by atoms with van der Waals surface area (Å²) in [5.41, 5.74) is 3.33. The molecule has 0 fully saturated rings. The van der Waals surface area contributed by atoms with E-state index >= 15 is 0 Å². The first-order valence-corrected chi connectivity index (χ1v) is 8.73. The molecule has 27 heavy (non-hydrogen) atoms. The number of aromatic nitrogens is 1. The average molecular weight is 380 g/mol. The minimum atomic E-state index is -0.432. The Morgan fingerprint density at radius 2 is 1.48 bits per heavy atom. The molecular formula is C21H18ClN3O2. The van der Waals surface area contributed by atoms with Crippen molar-refractivity contribution in [1.82, 2.24) is 4.98 Å². The van der Waals surface area contributed by atoms with E-state index in [1.807, 2.05) is 38.1 Å². The quantitative estimate of drug-likeness (QED) is 0.680. The highest BCUT2D eigenvalue weighted by Crippen LogP contribution is 2.27. The van der Waals surface area contributed by atoms with Crippen molar-refractivity contribution >= 4 is 34.8 Å². The molecule has 0 aliphatic heterocycles. The van der Waals surface area contributed by atoms with E-state index < -0.39 is 5.91 Å². The molecule has 0 spiro atoms. The first-order valence-electron chi connectivity index (χ1n) is 8.35. The SMILES string of the molecule is Cc1cc(C)c(NC(=O)c2cccc(C(=O)Nc3ccccc3)n2)c(Cl)c1. The fourth-order valence-corrected chi connectivity index (χ4v) is 3.02. The zero-order valence-corrected chi connectivity index (χ0v) is 15.7. The first-order chi connectivity index (χ1) is 12.9. The number of carbonyl (C=O) groups excluding carboxylic acids is 2. The molecule has 0 aliphatic carbocycles. The van der Waals surface area contributed by atoms with Crippen LogP contribution in [0.25, 0.3) is 0 Å². The number of para-hydroxylation sites is 1. The van der Waals surface area contributed by atoms with Crippen LogP contribution >= 0.6 is 11.6 Å². The highest BCUT2D eigenvalue weighted by Gasteiger charge is 2.15. The summed E-state index contributed by atoms with van der Waals surface area (Å²) < 4.78 is 0. The fraction of sp³-hybridized carbons (Fsp3) is 0.0952. The Morgan fingerprint density at radius 1 is 0.852 bits per heavy atom. The van der Waals surface area contributed by atoms with Crippen LogP contribution in [0.1, 0.15) is 32.1 Å². The zero-order chi connectivity index (χ0) is 19.4. The van der Waals surface area contributed by atoms with E-state index in [9.17, 15) is 9.59 Å². The summed E-state index contributed by atoms with van der Waals surface area (Å²) in [5, 5.41) is 5.97. The van der Waals surface area contributed by atoms with Gasteiger partial charge in [0.05, 0.1) is 10.7 Å². The molecular weight excluding hydrogens is 362 g/mol.